The number of aryl methyl sites for hydroxylation is 1. The Kier molecular flexibility index (Phi) is 3.75. The molecule has 0 amide bonds. The van der Waals surface area contributed by atoms with E-state index in [-0.39, 0.29) is 12.0 Å². The first-order valence-electron chi connectivity index (χ1n) is 5.30. The Morgan fingerprint density at radius 2 is 1.93 bits per heavy atom. The number of rotatable bonds is 3. The van der Waals surface area contributed by atoms with E-state index in [0.717, 1.165) is 5.75 Å². The summed E-state index contributed by atoms with van der Waals surface area (Å²) in [6.07, 6.45) is 0. The lowest BCUT2D eigenvalue weighted by Crippen LogP contribution is -2.13. The van der Waals surface area contributed by atoms with E-state index in [0.29, 0.717) is 6.61 Å². The first-order valence-corrected chi connectivity index (χ1v) is 5.30. The van der Waals surface area contributed by atoms with Gasteiger partial charge in [0.1, 0.15) is 12.4 Å². The quantitative estimate of drug-likeness (QED) is 0.827. The molecule has 0 aromatic heterocycles. The lowest BCUT2D eigenvalue weighted by Gasteiger charge is -2.22. The standard InChI is InChI=1S/C13H20O2/c1-10-9-11(15-8-7-14)5-6-12(10)13(2,3)4/h5-6,9,14H,7-8H2,1-4H3. The molecule has 1 rings (SSSR count). The van der Waals surface area contributed by atoms with Crippen LogP contribution < -0.4 is 4.74 Å². The molecular weight excluding hydrogens is 188 g/mol. The third kappa shape index (κ3) is 3.24. The van der Waals surface area contributed by atoms with Crippen LogP contribution in [0.1, 0.15) is 31.9 Å². The molecule has 0 unspecified atom stereocenters. The molecule has 0 radical (unpaired) electrons. The van der Waals surface area contributed by atoms with E-state index in [1.54, 1.807) is 0 Å². The van der Waals surface area contributed by atoms with E-state index in [2.05, 4.69) is 33.8 Å². The van der Waals surface area contributed by atoms with Gasteiger partial charge in [0.2, 0.25) is 0 Å². The molecule has 15 heavy (non-hydrogen) atoms. The SMILES string of the molecule is Cc1cc(OCCO)ccc1C(C)(C)C. The predicted octanol–water partition coefficient (Wildman–Crippen LogP) is 2.66. The maximum Gasteiger partial charge on any atom is 0.119 e. The average molecular weight is 208 g/mol. The van der Waals surface area contributed by atoms with Gasteiger partial charge in [-0.3, -0.25) is 0 Å². The summed E-state index contributed by atoms with van der Waals surface area (Å²) in [5.74, 6) is 0.828. The van der Waals surface area contributed by atoms with Crippen LogP contribution in [-0.4, -0.2) is 18.3 Å². The third-order valence-corrected chi connectivity index (χ3v) is 2.37. The molecule has 1 aromatic carbocycles. The molecule has 0 atom stereocenters. The summed E-state index contributed by atoms with van der Waals surface area (Å²) in [5, 5.41) is 8.66. The first-order chi connectivity index (χ1) is 6.95. The minimum absolute atomic E-state index is 0.0556. The largest absolute Gasteiger partial charge is 0.491 e. The Hall–Kier alpha value is -1.02. The lowest BCUT2D eigenvalue weighted by molar-refractivity contribution is 0.201. The molecule has 1 aromatic rings. The van der Waals surface area contributed by atoms with Gasteiger partial charge in [-0.25, -0.2) is 0 Å². The van der Waals surface area contributed by atoms with Crippen molar-refractivity contribution in [3.05, 3.63) is 29.3 Å². The molecule has 2 heteroatoms. The van der Waals surface area contributed by atoms with Crippen molar-refractivity contribution >= 4 is 0 Å². The minimum atomic E-state index is 0.0556. The smallest absolute Gasteiger partial charge is 0.119 e. The summed E-state index contributed by atoms with van der Waals surface area (Å²) in [4.78, 5) is 0. The van der Waals surface area contributed by atoms with Gasteiger partial charge in [0.15, 0.2) is 0 Å². The second kappa shape index (κ2) is 4.67. The Morgan fingerprint density at radius 3 is 2.40 bits per heavy atom. The summed E-state index contributed by atoms with van der Waals surface area (Å²) in [6, 6.07) is 6.08. The van der Waals surface area contributed by atoms with Crippen molar-refractivity contribution in [2.45, 2.75) is 33.1 Å². The average Bonchev–Trinajstić information content (AvgIpc) is 2.12. The number of benzene rings is 1. The van der Waals surface area contributed by atoms with Crippen molar-refractivity contribution in [1.82, 2.24) is 0 Å². The van der Waals surface area contributed by atoms with Crippen LogP contribution in [0, 0.1) is 6.92 Å². The molecule has 0 saturated heterocycles. The summed E-state index contributed by atoms with van der Waals surface area (Å²) in [5.41, 5.74) is 2.73. The monoisotopic (exact) mass is 208 g/mol. The zero-order chi connectivity index (χ0) is 11.5. The molecule has 2 nitrogen and oxygen atoms in total. The van der Waals surface area contributed by atoms with Crippen LogP contribution in [0.2, 0.25) is 0 Å². The van der Waals surface area contributed by atoms with Gasteiger partial charge in [0.05, 0.1) is 6.61 Å². The zero-order valence-corrected chi connectivity index (χ0v) is 10.0. The Morgan fingerprint density at radius 1 is 1.27 bits per heavy atom. The second-order valence-electron chi connectivity index (χ2n) is 4.80. The Balaban J connectivity index is 2.89. The first kappa shape index (κ1) is 12.1. The summed E-state index contributed by atoms with van der Waals surface area (Å²) in [7, 11) is 0. The fraction of sp³-hybridized carbons (Fsp3) is 0.538. The number of hydrogen-bond acceptors (Lipinski definition) is 2. The molecular formula is C13H20O2. The number of aliphatic hydroxyl groups excluding tert-OH is 1. The summed E-state index contributed by atoms with van der Waals surface area (Å²) < 4.78 is 5.35. The highest BCUT2D eigenvalue weighted by atomic mass is 16.5. The number of hydrogen-bond donors (Lipinski definition) is 1. The molecule has 0 aliphatic rings. The van der Waals surface area contributed by atoms with Crippen molar-refractivity contribution in [2.24, 2.45) is 0 Å². The fourth-order valence-electron chi connectivity index (χ4n) is 1.73. The normalized spacial score (nSPS) is 11.5. The van der Waals surface area contributed by atoms with Crippen molar-refractivity contribution < 1.29 is 9.84 Å². The third-order valence-electron chi connectivity index (χ3n) is 2.37. The molecule has 0 fully saturated rings. The second-order valence-corrected chi connectivity index (χ2v) is 4.80. The van der Waals surface area contributed by atoms with Gasteiger partial charge in [-0.1, -0.05) is 26.8 Å². The maximum atomic E-state index is 8.66. The van der Waals surface area contributed by atoms with Crippen molar-refractivity contribution in [3.8, 4) is 5.75 Å². The summed E-state index contributed by atoms with van der Waals surface area (Å²) >= 11 is 0. The van der Waals surface area contributed by atoms with Crippen LogP contribution >= 0.6 is 0 Å². The van der Waals surface area contributed by atoms with E-state index in [9.17, 15) is 0 Å². The molecule has 0 heterocycles. The van der Waals surface area contributed by atoms with Gasteiger partial charge in [-0.05, 0) is 35.6 Å². The van der Waals surface area contributed by atoms with Crippen LogP contribution in [0.25, 0.3) is 0 Å². The van der Waals surface area contributed by atoms with E-state index < -0.39 is 0 Å². The lowest BCUT2D eigenvalue weighted by atomic mass is 9.84. The maximum absolute atomic E-state index is 8.66. The fourth-order valence-corrected chi connectivity index (χ4v) is 1.73. The van der Waals surface area contributed by atoms with E-state index in [4.69, 9.17) is 9.84 Å². The molecule has 0 spiro atoms. The van der Waals surface area contributed by atoms with Gasteiger partial charge in [0, 0.05) is 0 Å². The number of aliphatic hydroxyl groups is 1. The molecule has 0 bridgehead atoms. The van der Waals surface area contributed by atoms with Crippen molar-refractivity contribution in [3.63, 3.8) is 0 Å². The van der Waals surface area contributed by atoms with Crippen LogP contribution in [0.4, 0.5) is 0 Å². The van der Waals surface area contributed by atoms with E-state index in [1.807, 2.05) is 12.1 Å². The predicted molar refractivity (Wildman–Crippen MR) is 62.5 cm³/mol. The van der Waals surface area contributed by atoms with Gasteiger partial charge in [-0.2, -0.15) is 0 Å². The molecule has 0 aliphatic carbocycles. The highest BCUT2D eigenvalue weighted by Crippen LogP contribution is 2.28. The van der Waals surface area contributed by atoms with E-state index in [1.165, 1.54) is 11.1 Å². The van der Waals surface area contributed by atoms with Gasteiger partial charge in [0.25, 0.3) is 0 Å². The number of ether oxygens (including phenoxy) is 1. The van der Waals surface area contributed by atoms with Crippen LogP contribution in [-0.2, 0) is 5.41 Å². The van der Waals surface area contributed by atoms with Gasteiger partial charge in [-0.15, -0.1) is 0 Å². The van der Waals surface area contributed by atoms with E-state index >= 15 is 0 Å². The van der Waals surface area contributed by atoms with Gasteiger partial charge < -0.3 is 9.84 Å². The van der Waals surface area contributed by atoms with Gasteiger partial charge >= 0.3 is 0 Å². The van der Waals surface area contributed by atoms with Crippen LogP contribution in [0.5, 0.6) is 5.75 Å². The Bertz CT molecular complexity index is 324. The molecule has 0 saturated carbocycles. The highest BCUT2D eigenvalue weighted by Gasteiger charge is 2.16. The minimum Gasteiger partial charge on any atom is -0.491 e. The van der Waals surface area contributed by atoms with Crippen molar-refractivity contribution in [1.29, 1.82) is 0 Å². The summed E-state index contributed by atoms with van der Waals surface area (Å²) in [6.45, 7) is 9.09. The molecule has 0 aliphatic heterocycles. The highest BCUT2D eigenvalue weighted by molar-refractivity contribution is 5.38. The topological polar surface area (TPSA) is 29.5 Å². The van der Waals surface area contributed by atoms with Crippen LogP contribution in [0.15, 0.2) is 18.2 Å². The molecule has 1 N–H and O–H groups in total. The van der Waals surface area contributed by atoms with Crippen LogP contribution in [0.3, 0.4) is 0 Å². The molecule has 84 valence electrons. The zero-order valence-electron chi connectivity index (χ0n) is 10.0. The Labute approximate surface area is 91.9 Å². The van der Waals surface area contributed by atoms with Crippen molar-refractivity contribution in [2.75, 3.05) is 13.2 Å².